The lowest BCUT2D eigenvalue weighted by Gasteiger charge is -2.43. The van der Waals surface area contributed by atoms with Gasteiger partial charge in [0.25, 0.3) is 8.32 Å². The first-order valence-electron chi connectivity index (χ1n) is 12.3. The minimum atomic E-state index is -2.51. The van der Waals surface area contributed by atoms with E-state index in [9.17, 15) is 5.11 Å². The topological polar surface area (TPSA) is 47.9 Å². The van der Waals surface area contributed by atoms with Crippen LogP contribution in [0.15, 0.2) is 73.3 Å². The molecule has 2 saturated heterocycles. The zero-order valence-corrected chi connectivity index (χ0v) is 23.0. The highest BCUT2D eigenvalue weighted by molar-refractivity contribution is 9.09. The average molecular weight is 546 g/mol. The molecule has 0 saturated carbocycles. The summed E-state index contributed by atoms with van der Waals surface area (Å²) in [7, 11) is -2.51. The predicted molar refractivity (Wildman–Crippen MR) is 143 cm³/mol. The minimum Gasteiger partial charge on any atom is -0.407 e. The fourth-order valence-corrected chi connectivity index (χ4v) is 10.9. The van der Waals surface area contributed by atoms with Crippen molar-refractivity contribution in [1.82, 2.24) is 0 Å². The standard InChI is InChI=1S/C28H37BrO4Si/c1-5-24-26-25(30)23(29)20-28(32-24,33-26)18-12-13-19-31-34(27(2,3)4,21-14-8-6-9-15-21)22-16-10-7-11-17-22/h5-11,14-17,23-26,30H,1,12-13,18-20H2,2-4H3/t23-,24+,25+,26-,28-/m0/s1. The molecule has 0 aromatic heterocycles. The summed E-state index contributed by atoms with van der Waals surface area (Å²) in [6.45, 7) is 11.5. The van der Waals surface area contributed by atoms with Gasteiger partial charge in [-0.15, -0.1) is 6.58 Å². The molecule has 0 aliphatic carbocycles. The Morgan fingerprint density at radius 1 is 1.06 bits per heavy atom. The van der Waals surface area contributed by atoms with Crippen molar-refractivity contribution in [2.75, 3.05) is 6.61 Å². The largest absolute Gasteiger partial charge is 0.407 e. The molecule has 2 aromatic rings. The van der Waals surface area contributed by atoms with Gasteiger partial charge >= 0.3 is 0 Å². The number of alkyl halides is 1. The molecule has 6 heteroatoms. The van der Waals surface area contributed by atoms with Gasteiger partial charge < -0.3 is 19.0 Å². The molecule has 2 aromatic carbocycles. The van der Waals surface area contributed by atoms with E-state index < -0.39 is 20.2 Å². The molecule has 2 heterocycles. The van der Waals surface area contributed by atoms with Gasteiger partial charge in [-0.25, -0.2) is 0 Å². The van der Waals surface area contributed by atoms with Crippen molar-refractivity contribution >= 4 is 34.6 Å². The van der Waals surface area contributed by atoms with E-state index in [0.717, 1.165) is 19.3 Å². The van der Waals surface area contributed by atoms with Gasteiger partial charge in [0.2, 0.25) is 0 Å². The first-order chi connectivity index (χ1) is 16.2. The molecule has 34 heavy (non-hydrogen) atoms. The average Bonchev–Trinajstić information content (AvgIpc) is 3.15. The monoisotopic (exact) mass is 544 g/mol. The fraction of sp³-hybridized carbons (Fsp3) is 0.500. The summed E-state index contributed by atoms with van der Waals surface area (Å²) in [6.07, 6.45) is 3.76. The van der Waals surface area contributed by atoms with Crippen LogP contribution < -0.4 is 10.4 Å². The van der Waals surface area contributed by atoms with Crippen LogP contribution in [0.3, 0.4) is 0 Å². The maximum atomic E-state index is 10.5. The molecule has 4 nitrogen and oxygen atoms in total. The Morgan fingerprint density at radius 2 is 1.65 bits per heavy atom. The van der Waals surface area contributed by atoms with Gasteiger partial charge in [0.05, 0.1) is 6.10 Å². The molecular weight excluding hydrogens is 508 g/mol. The van der Waals surface area contributed by atoms with Crippen molar-refractivity contribution in [1.29, 1.82) is 0 Å². The number of halogens is 1. The summed E-state index contributed by atoms with van der Waals surface area (Å²) in [4.78, 5) is -0.0374. The Kier molecular flexibility index (Phi) is 7.87. The molecule has 2 fully saturated rings. The Labute approximate surface area is 213 Å². The highest BCUT2D eigenvalue weighted by Crippen LogP contribution is 2.45. The number of benzene rings is 2. The summed E-state index contributed by atoms with van der Waals surface area (Å²) in [6, 6.07) is 21.5. The number of fused-ring (bicyclic) bond motifs is 2. The SMILES string of the molecule is C=C[C@H]1O[C@]2(CCCCO[Si](c3ccccc3)(c3ccccc3)C(C)(C)C)C[C@H](Br)[C@@H](O)[C@H]1O2. The van der Waals surface area contributed by atoms with Crippen LogP contribution in [-0.4, -0.2) is 49.0 Å². The Bertz CT molecular complexity index is 908. The number of aliphatic hydroxyl groups is 1. The summed E-state index contributed by atoms with van der Waals surface area (Å²) < 4.78 is 19.5. The van der Waals surface area contributed by atoms with Crippen LogP contribution >= 0.6 is 15.9 Å². The van der Waals surface area contributed by atoms with E-state index >= 15 is 0 Å². The molecule has 0 radical (unpaired) electrons. The lowest BCUT2D eigenvalue weighted by Crippen LogP contribution is -2.66. The molecule has 2 aliphatic rings. The van der Waals surface area contributed by atoms with E-state index in [0.29, 0.717) is 13.0 Å². The smallest absolute Gasteiger partial charge is 0.261 e. The van der Waals surface area contributed by atoms with Crippen LogP contribution in [0.25, 0.3) is 0 Å². The van der Waals surface area contributed by atoms with Crippen LogP contribution in [0.5, 0.6) is 0 Å². The lowest BCUT2D eigenvalue weighted by atomic mass is 9.95. The maximum absolute atomic E-state index is 10.5. The van der Waals surface area contributed by atoms with Crippen LogP contribution in [0.2, 0.25) is 5.04 Å². The van der Waals surface area contributed by atoms with Crippen molar-refractivity contribution < 1.29 is 19.0 Å². The van der Waals surface area contributed by atoms with Gasteiger partial charge in [0.1, 0.15) is 12.2 Å². The molecule has 0 spiro atoms. The third kappa shape index (κ3) is 4.86. The first kappa shape index (κ1) is 25.8. The third-order valence-electron chi connectivity index (χ3n) is 7.16. The van der Waals surface area contributed by atoms with Crippen molar-refractivity contribution in [2.24, 2.45) is 0 Å². The second-order valence-electron chi connectivity index (χ2n) is 10.5. The number of hydrogen-bond acceptors (Lipinski definition) is 4. The Hall–Kier alpha value is -1.28. The summed E-state index contributed by atoms with van der Waals surface area (Å²) in [5, 5.41) is 13.0. The van der Waals surface area contributed by atoms with Gasteiger partial charge in [-0.2, -0.15) is 0 Å². The zero-order valence-electron chi connectivity index (χ0n) is 20.5. The van der Waals surface area contributed by atoms with Crippen molar-refractivity contribution in [3.05, 3.63) is 73.3 Å². The van der Waals surface area contributed by atoms with Gasteiger partial charge in [-0.3, -0.25) is 0 Å². The maximum Gasteiger partial charge on any atom is 0.261 e. The highest BCUT2D eigenvalue weighted by atomic mass is 79.9. The minimum absolute atomic E-state index is 0.0286. The number of unbranched alkanes of at least 4 members (excludes halogenated alkanes) is 1. The zero-order chi connectivity index (χ0) is 24.4. The molecule has 4 rings (SSSR count). The van der Waals surface area contributed by atoms with Crippen molar-refractivity contribution in [3.63, 3.8) is 0 Å². The van der Waals surface area contributed by atoms with Gasteiger partial charge in [-0.1, -0.05) is 103 Å². The first-order valence-corrected chi connectivity index (χ1v) is 15.1. The molecule has 1 N–H and O–H groups in total. The number of rotatable bonds is 9. The predicted octanol–water partition coefficient (Wildman–Crippen LogP) is 4.93. The second kappa shape index (κ2) is 10.4. The van der Waals surface area contributed by atoms with Gasteiger partial charge in [0, 0.05) is 24.3 Å². The third-order valence-corrected chi connectivity index (χ3v) is 13.1. The normalized spacial score (nSPS) is 29.2. The van der Waals surface area contributed by atoms with E-state index in [2.05, 4.69) is 104 Å². The summed E-state index contributed by atoms with van der Waals surface area (Å²) >= 11 is 3.63. The Balaban J connectivity index is 1.47. The molecule has 5 atom stereocenters. The van der Waals surface area contributed by atoms with Crippen molar-refractivity contribution in [3.8, 4) is 0 Å². The number of aliphatic hydroxyl groups excluding tert-OH is 1. The van der Waals surface area contributed by atoms with E-state index in [1.807, 2.05) is 0 Å². The van der Waals surface area contributed by atoms with Crippen LogP contribution in [0, 0.1) is 0 Å². The molecule has 184 valence electrons. The van der Waals surface area contributed by atoms with Crippen molar-refractivity contribution in [2.45, 2.75) is 80.4 Å². The van der Waals surface area contributed by atoms with Crippen LogP contribution in [-0.2, 0) is 13.9 Å². The molecule has 0 unspecified atom stereocenters. The van der Waals surface area contributed by atoms with E-state index in [1.54, 1.807) is 6.08 Å². The van der Waals surface area contributed by atoms with Crippen LogP contribution in [0.1, 0.15) is 46.5 Å². The van der Waals surface area contributed by atoms with E-state index in [-0.39, 0.29) is 22.1 Å². The van der Waals surface area contributed by atoms with Gasteiger partial charge in [0.15, 0.2) is 5.79 Å². The number of ether oxygens (including phenoxy) is 2. The molecular formula is C28H37BrO4Si. The Morgan fingerprint density at radius 3 is 2.18 bits per heavy atom. The van der Waals surface area contributed by atoms with Crippen LogP contribution in [0.4, 0.5) is 0 Å². The highest BCUT2D eigenvalue weighted by Gasteiger charge is 2.56. The fourth-order valence-electron chi connectivity index (χ4n) is 5.53. The van der Waals surface area contributed by atoms with Gasteiger partial charge in [-0.05, 0) is 28.3 Å². The number of hydrogen-bond donors (Lipinski definition) is 1. The lowest BCUT2D eigenvalue weighted by molar-refractivity contribution is -0.211. The molecule has 2 bridgehead atoms. The molecule has 0 amide bonds. The summed E-state index contributed by atoms with van der Waals surface area (Å²) in [5.41, 5.74) is 0. The quantitative estimate of drug-likeness (QED) is 0.210. The summed E-state index contributed by atoms with van der Waals surface area (Å²) in [5.74, 6) is -0.658. The molecule has 2 aliphatic heterocycles. The van der Waals surface area contributed by atoms with E-state index in [1.165, 1.54) is 10.4 Å². The second-order valence-corrected chi connectivity index (χ2v) is 16.0. The van der Waals surface area contributed by atoms with E-state index in [4.69, 9.17) is 13.9 Å².